The fraction of sp³-hybridized carbons (Fsp3) is 0.267. The van der Waals surface area contributed by atoms with Gasteiger partial charge in [0.25, 0.3) is 0 Å². The number of imidazole rings is 1. The van der Waals surface area contributed by atoms with Crippen molar-refractivity contribution in [2.45, 2.75) is 19.4 Å². The highest BCUT2D eigenvalue weighted by atomic mass is 16.1. The topological polar surface area (TPSA) is 75.6 Å². The molecule has 0 aliphatic heterocycles. The van der Waals surface area contributed by atoms with Crippen LogP contribution < -0.4 is 5.32 Å². The van der Waals surface area contributed by atoms with Gasteiger partial charge in [0.05, 0.1) is 23.6 Å². The molecule has 21 heavy (non-hydrogen) atoms. The van der Waals surface area contributed by atoms with Crippen LogP contribution in [-0.4, -0.2) is 32.2 Å². The number of hydrogen-bond acceptors (Lipinski definition) is 3. The van der Waals surface area contributed by atoms with E-state index in [9.17, 15) is 4.79 Å². The molecule has 0 unspecified atom stereocenters. The normalized spacial score (nSPS) is 10.9. The third kappa shape index (κ3) is 3.28. The third-order valence-electron chi connectivity index (χ3n) is 3.40. The van der Waals surface area contributed by atoms with Gasteiger partial charge in [-0.2, -0.15) is 5.10 Å². The van der Waals surface area contributed by atoms with Crippen LogP contribution in [0.25, 0.3) is 11.0 Å². The first kappa shape index (κ1) is 13.4. The van der Waals surface area contributed by atoms with E-state index in [1.807, 2.05) is 35.0 Å². The Hall–Kier alpha value is -2.63. The summed E-state index contributed by atoms with van der Waals surface area (Å²) in [6, 6.07) is 7.92. The predicted octanol–water partition coefficient (Wildman–Crippen LogP) is 1.51. The first-order valence-electron chi connectivity index (χ1n) is 6.97. The number of aromatic nitrogens is 4. The first-order valence-corrected chi connectivity index (χ1v) is 6.97. The largest absolute Gasteiger partial charge is 0.356 e. The summed E-state index contributed by atoms with van der Waals surface area (Å²) in [5.41, 5.74) is 3.11. The number of rotatable bonds is 6. The van der Waals surface area contributed by atoms with Gasteiger partial charge in [-0.05, 0) is 24.1 Å². The van der Waals surface area contributed by atoms with Gasteiger partial charge < -0.3 is 9.88 Å². The zero-order valence-electron chi connectivity index (χ0n) is 11.6. The zero-order chi connectivity index (χ0) is 14.5. The van der Waals surface area contributed by atoms with Gasteiger partial charge in [-0.1, -0.05) is 12.1 Å². The maximum Gasteiger partial charge on any atom is 0.221 e. The van der Waals surface area contributed by atoms with Crippen molar-refractivity contribution in [3.8, 4) is 0 Å². The average Bonchev–Trinajstić information content (AvgIpc) is 3.14. The Kier molecular flexibility index (Phi) is 3.95. The summed E-state index contributed by atoms with van der Waals surface area (Å²) in [6.45, 7) is 1.26. The molecule has 2 aromatic heterocycles. The van der Waals surface area contributed by atoms with Gasteiger partial charge in [0.1, 0.15) is 0 Å². The smallest absolute Gasteiger partial charge is 0.221 e. The van der Waals surface area contributed by atoms with E-state index >= 15 is 0 Å². The molecule has 0 fully saturated rings. The summed E-state index contributed by atoms with van der Waals surface area (Å²) in [6.07, 6.45) is 6.62. The molecule has 0 saturated carbocycles. The van der Waals surface area contributed by atoms with Crippen LogP contribution in [0.2, 0.25) is 0 Å². The summed E-state index contributed by atoms with van der Waals surface area (Å²) in [7, 11) is 0. The highest BCUT2D eigenvalue weighted by Gasteiger charge is 2.05. The van der Waals surface area contributed by atoms with Crippen LogP contribution in [0.5, 0.6) is 0 Å². The number of hydrogen-bond donors (Lipinski definition) is 2. The number of amides is 1. The summed E-state index contributed by atoms with van der Waals surface area (Å²) in [5.74, 6) is 0.0521. The minimum Gasteiger partial charge on any atom is -0.356 e. The number of nitrogens with zero attached hydrogens (tertiary/aromatic N) is 3. The molecule has 0 aliphatic carbocycles. The summed E-state index contributed by atoms with van der Waals surface area (Å²) < 4.78 is 2.00. The molecule has 0 spiro atoms. The van der Waals surface area contributed by atoms with E-state index in [2.05, 4.69) is 20.5 Å². The van der Waals surface area contributed by atoms with Gasteiger partial charge in [0.15, 0.2) is 0 Å². The lowest BCUT2D eigenvalue weighted by Crippen LogP contribution is -2.26. The molecule has 3 aromatic rings. The van der Waals surface area contributed by atoms with Gasteiger partial charge >= 0.3 is 0 Å². The Morgan fingerprint density at radius 2 is 2.24 bits per heavy atom. The van der Waals surface area contributed by atoms with Crippen molar-refractivity contribution in [2.24, 2.45) is 0 Å². The lowest BCUT2D eigenvalue weighted by Gasteiger charge is -2.06. The van der Waals surface area contributed by atoms with Gasteiger partial charge in [0.2, 0.25) is 5.91 Å². The van der Waals surface area contributed by atoms with Crippen molar-refractivity contribution in [3.05, 3.63) is 48.5 Å². The van der Waals surface area contributed by atoms with Crippen molar-refractivity contribution >= 4 is 16.9 Å². The third-order valence-corrected chi connectivity index (χ3v) is 3.40. The first-order chi connectivity index (χ1) is 10.3. The van der Waals surface area contributed by atoms with Crippen LogP contribution in [0.3, 0.4) is 0 Å². The van der Waals surface area contributed by atoms with Crippen LogP contribution in [0.15, 0.2) is 43.0 Å². The van der Waals surface area contributed by atoms with Gasteiger partial charge in [-0.25, -0.2) is 4.98 Å². The minimum absolute atomic E-state index is 0.0521. The van der Waals surface area contributed by atoms with Crippen LogP contribution >= 0.6 is 0 Å². The van der Waals surface area contributed by atoms with E-state index in [0.29, 0.717) is 19.5 Å². The summed E-state index contributed by atoms with van der Waals surface area (Å²) in [4.78, 5) is 16.1. The second-order valence-corrected chi connectivity index (χ2v) is 4.88. The van der Waals surface area contributed by atoms with Crippen LogP contribution in [0.4, 0.5) is 0 Å². The number of para-hydroxylation sites is 2. The van der Waals surface area contributed by atoms with Crippen LogP contribution in [-0.2, 0) is 17.8 Å². The highest BCUT2D eigenvalue weighted by molar-refractivity contribution is 5.77. The second kappa shape index (κ2) is 6.21. The fourth-order valence-electron chi connectivity index (χ4n) is 2.26. The Morgan fingerprint density at radius 1 is 1.33 bits per heavy atom. The molecule has 0 saturated heterocycles. The number of nitrogens with one attached hydrogen (secondary N) is 2. The van der Waals surface area contributed by atoms with E-state index in [1.54, 1.807) is 12.5 Å². The standard InChI is InChI=1S/C15H17N5O/c21-15(16-7-5-12-9-18-19-10-12)6-8-20-11-17-13-3-1-2-4-14(13)20/h1-4,9-11H,5-8H2,(H,16,21)(H,18,19). The van der Waals surface area contributed by atoms with Gasteiger partial charge in [0, 0.05) is 25.7 Å². The van der Waals surface area contributed by atoms with E-state index < -0.39 is 0 Å². The van der Waals surface area contributed by atoms with E-state index in [-0.39, 0.29) is 5.91 Å². The average molecular weight is 283 g/mol. The van der Waals surface area contributed by atoms with Gasteiger partial charge in [-0.3, -0.25) is 9.89 Å². The number of carbonyl (C=O) groups excluding carboxylic acids is 1. The number of aryl methyl sites for hydroxylation is 1. The van der Waals surface area contributed by atoms with Crippen molar-refractivity contribution in [2.75, 3.05) is 6.54 Å². The Bertz CT molecular complexity index is 717. The van der Waals surface area contributed by atoms with E-state index in [4.69, 9.17) is 0 Å². The molecule has 0 atom stereocenters. The monoisotopic (exact) mass is 283 g/mol. The van der Waals surface area contributed by atoms with Crippen molar-refractivity contribution in [3.63, 3.8) is 0 Å². The van der Waals surface area contributed by atoms with Gasteiger partial charge in [-0.15, -0.1) is 0 Å². The number of H-pyrrole nitrogens is 1. The Labute approximate surface area is 122 Å². The molecule has 0 bridgehead atoms. The maximum absolute atomic E-state index is 11.8. The lowest BCUT2D eigenvalue weighted by molar-refractivity contribution is -0.121. The maximum atomic E-state index is 11.8. The van der Waals surface area contributed by atoms with E-state index in [1.165, 1.54) is 0 Å². The molecule has 2 heterocycles. The van der Waals surface area contributed by atoms with Crippen molar-refractivity contribution < 1.29 is 4.79 Å². The van der Waals surface area contributed by atoms with Crippen LogP contribution in [0.1, 0.15) is 12.0 Å². The second-order valence-electron chi connectivity index (χ2n) is 4.88. The number of benzene rings is 1. The molecule has 6 heteroatoms. The summed E-state index contributed by atoms with van der Waals surface area (Å²) >= 11 is 0. The molecule has 0 radical (unpaired) electrons. The molecule has 3 rings (SSSR count). The SMILES string of the molecule is O=C(CCn1cnc2ccccc21)NCCc1cn[nH]c1. The molecular formula is C15H17N5O. The molecule has 1 aromatic carbocycles. The molecule has 1 amide bonds. The molecular weight excluding hydrogens is 266 g/mol. The Balaban J connectivity index is 1.47. The number of fused-ring (bicyclic) bond motifs is 1. The zero-order valence-corrected chi connectivity index (χ0v) is 11.6. The quantitative estimate of drug-likeness (QED) is 0.720. The minimum atomic E-state index is 0.0521. The highest BCUT2D eigenvalue weighted by Crippen LogP contribution is 2.11. The van der Waals surface area contributed by atoms with Crippen molar-refractivity contribution in [1.29, 1.82) is 0 Å². The summed E-state index contributed by atoms with van der Waals surface area (Å²) in [5, 5.41) is 9.54. The lowest BCUT2D eigenvalue weighted by atomic mass is 10.2. The molecule has 6 nitrogen and oxygen atoms in total. The number of carbonyl (C=O) groups is 1. The molecule has 108 valence electrons. The van der Waals surface area contributed by atoms with E-state index in [0.717, 1.165) is 23.0 Å². The van der Waals surface area contributed by atoms with Crippen molar-refractivity contribution in [1.82, 2.24) is 25.1 Å². The Morgan fingerprint density at radius 3 is 3.10 bits per heavy atom. The molecule has 2 N–H and O–H groups in total. The predicted molar refractivity (Wildman–Crippen MR) is 79.7 cm³/mol. The number of aromatic amines is 1. The molecule has 0 aliphatic rings. The van der Waals surface area contributed by atoms with Crippen LogP contribution in [0, 0.1) is 0 Å². The fourth-order valence-corrected chi connectivity index (χ4v) is 2.26.